The maximum absolute atomic E-state index is 2.57. The van der Waals surface area contributed by atoms with Crippen molar-refractivity contribution in [1.82, 2.24) is 0 Å². The Morgan fingerprint density at radius 3 is 1.48 bits per heavy atom. The Bertz CT molecular complexity index is 2850. The van der Waals surface area contributed by atoms with Crippen molar-refractivity contribution in [2.75, 3.05) is 4.43 Å². The molecule has 0 heterocycles. The molecule has 0 fully saturated rings. The van der Waals surface area contributed by atoms with Crippen molar-refractivity contribution in [2.45, 2.75) is 39.5 Å². The molecule has 9 aromatic rings. The zero-order valence-electron chi connectivity index (χ0n) is 27.5. The second-order valence-corrected chi connectivity index (χ2v) is 17.0. The van der Waals surface area contributed by atoms with Crippen molar-refractivity contribution in [2.24, 2.45) is 0 Å². The molecule has 0 aromatic heterocycles. The minimum Gasteiger partial charge on any atom is -0.0648 e. The molecular weight excluding hydrogens is 691 g/mol. The summed E-state index contributed by atoms with van der Waals surface area (Å²) < 4.78 is 2.93. The fourth-order valence-corrected chi connectivity index (χ4v) is 12.0. The molecule has 230 valence electrons. The van der Waals surface area contributed by atoms with Crippen LogP contribution in [-0.2, 0) is 0 Å². The Labute approximate surface area is 291 Å². The first-order valence-corrected chi connectivity index (χ1v) is 20.2. The number of benzene rings is 9. The van der Waals surface area contributed by atoms with E-state index < -0.39 is 0 Å². The topological polar surface area (TPSA) is 0 Å². The number of rotatable bonds is 5. The van der Waals surface area contributed by atoms with Gasteiger partial charge in [-0.1, -0.05) is 38.1 Å². The molecule has 0 saturated carbocycles. The molecular formula is C47H34I-. The zero-order chi connectivity index (χ0) is 31.8. The molecule has 1 heteroatoms. The van der Waals surface area contributed by atoms with E-state index in [4.69, 9.17) is 0 Å². The summed E-state index contributed by atoms with van der Waals surface area (Å²) in [6.45, 7) is 7.02. The van der Waals surface area contributed by atoms with Crippen LogP contribution in [0.3, 0.4) is 0 Å². The van der Waals surface area contributed by atoms with Gasteiger partial charge in [0, 0.05) is 0 Å². The molecule has 48 heavy (non-hydrogen) atoms. The monoisotopic (exact) mass is 725 g/mol. The van der Waals surface area contributed by atoms with E-state index in [-0.39, 0.29) is 21.2 Å². The minimum absolute atomic E-state index is 0.0226. The van der Waals surface area contributed by atoms with Crippen LogP contribution in [0.4, 0.5) is 0 Å². The van der Waals surface area contributed by atoms with Crippen molar-refractivity contribution < 1.29 is 21.2 Å². The molecule has 0 spiro atoms. The number of fused-ring (bicyclic) bond motifs is 12. The van der Waals surface area contributed by atoms with E-state index in [0.29, 0.717) is 5.92 Å². The minimum atomic E-state index is -0.0226. The molecule has 2 aliphatic rings. The van der Waals surface area contributed by atoms with Gasteiger partial charge >= 0.3 is 220 Å². The van der Waals surface area contributed by atoms with Gasteiger partial charge in [0.05, 0.1) is 0 Å². The van der Waals surface area contributed by atoms with Gasteiger partial charge in [0.2, 0.25) is 0 Å². The molecule has 0 nitrogen and oxygen atoms in total. The molecule has 11 rings (SSSR count). The van der Waals surface area contributed by atoms with Crippen molar-refractivity contribution in [3.05, 3.63) is 118 Å². The Kier molecular flexibility index (Phi) is 5.61. The zero-order valence-corrected chi connectivity index (χ0v) is 29.6. The standard InChI is InChI=1S/C47H34I/c1-4-22-48-41-24-40-35-17-15-31-30-14-16-34-39-23-38(25(3)5-2)26-10-6-8-12-28(26)42(39)36-20-18-32(44(30)46(34)36)33-19-21-37(47(35)45(31)33)43(40)29-13-9-7-11-27(29)41/h6-21,23-25H,4-5,22H2,1-3H3/q-1. The molecule has 0 aliphatic heterocycles. The van der Waals surface area contributed by atoms with Crippen LogP contribution in [0.15, 0.2) is 109 Å². The average Bonchev–Trinajstić information content (AvgIpc) is 3.65. The van der Waals surface area contributed by atoms with Gasteiger partial charge in [0.25, 0.3) is 0 Å². The summed E-state index contributed by atoms with van der Waals surface area (Å²) in [7, 11) is 0. The summed E-state index contributed by atoms with van der Waals surface area (Å²) in [5.74, 6) is 0.515. The number of hydrogen-bond donors (Lipinski definition) is 0. The summed E-state index contributed by atoms with van der Waals surface area (Å²) in [4.78, 5) is 0. The SMILES string of the molecule is CCC[I-]c1cc2c(c3ccccc13)-c1ccc3c4ccc5c6c(ccc(c7ccc-2c1c73)c64)-c1cc(C(C)CC)c2ccccc2c1-5. The molecule has 1 unspecified atom stereocenters. The third-order valence-electron chi connectivity index (χ3n) is 11.7. The van der Waals surface area contributed by atoms with E-state index in [0.717, 1.165) is 6.42 Å². The Morgan fingerprint density at radius 2 is 0.938 bits per heavy atom. The van der Waals surface area contributed by atoms with Crippen LogP contribution < -0.4 is 21.2 Å². The van der Waals surface area contributed by atoms with Gasteiger partial charge in [0.1, 0.15) is 0 Å². The normalized spacial score (nSPS) is 13.6. The van der Waals surface area contributed by atoms with Gasteiger partial charge in [-0.25, -0.2) is 0 Å². The second-order valence-electron chi connectivity index (χ2n) is 14.0. The second kappa shape index (κ2) is 9.80. The molecule has 0 bridgehead atoms. The fourth-order valence-electron chi connectivity index (χ4n) is 9.43. The molecule has 0 radical (unpaired) electrons. The van der Waals surface area contributed by atoms with Crippen LogP contribution in [0.25, 0.3) is 109 Å². The van der Waals surface area contributed by atoms with E-state index in [1.807, 2.05) is 0 Å². The number of halogens is 1. The molecule has 9 aromatic carbocycles. The molecule has 1 atom stereocenters. The quantitative estimate of drug-likeness (QED) is 0.0717. The van der Waals surface area contributed by atoms with Gasteiger partial charge in [-0.2, -0.15) is 0 Å². The smallest absolute Gasteiger partial charge is 0.0648 e. The first-order valence-electron chi connectivity index (χ1n) is 17.6. The summed E-state index contributed by atoms with van der Waals surface area (Å²) >= 11 is -0.0226. The third-order valence-corrected chi connectivity index (χ3v) is 15.0. The number of alkyl halides is 1. The third kappa shape index (κ3) is 3.31. The van der Waals surface area contributed by atoms with Crippen LogP contribution in [0.2, 0.25) is 0 Å². The molecule has 0 N–H and O–H groups in total. The molecule has 0 amide bonds. The number of hydrogen-bond acceptors (Lipinski definition) is 0. The molecule has 0 saturated heterocycles. The summed E-state index contributed by atoms with van der Waals surface area (Å²) in [5.41, 5.74) is 12.8. The first-order chi connectivity index (χ1) is 23.7. The van der Waals surface area contributed by atoms with Crippen LogP contribution in [0.1, 0.15) is 45.1 Å². The summed E-state index contributed by atoms with van der Waals surface area (Å²) in [6, 6.07) is 42.9. The summed E-state index contributed by atoms with van der Waals surface area (Å²) in [5, 5.41) is 17.0. The summed E-state index contributed by atoms with van der Waals surface area (Å²) in [6.07, 6.45) is 2.40. The van der Waals surface area contributed by atoms with Gasteiger partial charge in [-0.15, -0.1) is 0 Å². The van der Waals surface area contributed by atoms with E-state index in [9.17, 15) is 0 Å². The van der Waals surface area contributed by atoms with Crippen molar-refractivity contribution in [3.63, 3.8) is 0 Å². The Morgan fingerprint density at radius 1 is 0.458 bits per heavy atom. The van der Waals surface area contributed by atoms with Crippen molar-refractivity contribution in [1.29, 1.82) is 0 Å². The Hall–Kier alpha value is -4.47. The van der Waals surface area contributed by atoms with Crippen LogP contribution in [0, 0.1) is 3.57 Å². The fraction of sp³-hybridized carbons (Fsp3) is 0.149. The van der Waals surface area contributed by atoms with Crippen LogP contribution >= 0.6 is 0 Å². The van der Waals surface area contributed by atoms with Gasteiger partial charge < -0.3 is 0 Å². The van der Waals surface area contributed by atoms with Gasteiger partial charge in [-0.3, -0.25) is 0 Å². The van der Waals surface area contributed by atoms with Crippen LogP contribution in [-0.4, -0.2) is 4.43 Å². The Balaban J connectivity index is 1.24. The predicted octanol–water partition coefficient (Wildman–Crippen LogP) is 10.5. The first kappa shape index (κ1) is 27.5. The van der Waals surface area contributed by atoms with Crippen LogP contribution in [0.5, 0.6) is 0 Å². The maximum atomic E-state index is 2.57. The van der Waals surface area contributed by atoms with Crippen molar-refractivity contribution in [3.8, 4) is 44.5 Å². The predicted molar refractivity (Wildman–Crippen MR) is 204 cm³/mol. The van der Waals surface area contributed by atoms with E-state index in [2.05, 4.69) is 130 Å². The van der Waals surface area contributed by atoms with E-state index >= 15 is 0 Å². The van der Waals surface area contributed by atoms with Crippen molar-refractivity contribution >= 4 is 64.6 Å². The van der Waals surface area contributed by atoms with E-state index in [1.54, 1.807) is 3.57 Å². The average molecular weight is 726 g/mol. The molecule has 2 aliphatic carbocycles. The van der Waals surface area contributed by atoms with Gasteiger partial charge in [-0.05, 0) is 34.7 Å². The van der Waals surface area contributed by atoms with Gasteiger partial charge in [0.15, 0.2) is 0 Å². The van der Waals surface area contributed by atoms with E-state index in [1.165, 1.54) is 126 Å².